The van der Waals surface area contributed by atoms with E-state index >= 15 is 0 Å². The monoisotopic (exact) mass is 422 g/mol. The van der Waals surface area contributed by atoms with Crippen LogP contribution in [0.3, 0.4) is 0 Å². The number of anilines is 3. The van der Waals surface area contributed by atoms with Gasteiger partial charge in [0.25, 0.3) is 0 Å². The topological polar surface area (TPSA) is 76.1 Å². The number of methoxy groups -OCH3 is 1. The van der Waals surface area contributed by atoms with Crippen molar-refractivity contribution in [2.24, 2.45) is 0 Å². The second kappa shape index (κ2) is 8.98. The zero-order valence-corrected chi connectivity index (χ0v) is 16.5. The lowest BCUT2D eigenvalue weighted by Crippen LogP contribution is -2.22. The first-order chi connectivity index (χ1) is 13.4. The Morgan fingerprint density at radius 1 is 1.21 bits per heavy atom. The smallest absolute Gasteiger partial charge is 0.237 e. The number of nitrogens with one attached hydrogen (secondary N) is 2. The van der Waals surface area contributed by atoms with Gasteiger partial charge in [0, 0.05) is 17.8 Å². The van der Waals surface area contributed by atoms with Gasteiger partial charge in [-0.1, -0.05) is 29.2 Å². The van der Waals surface area contributed by atoms with Gasteiger partial charge in [0.1, 0.15) is 17.4 Å². The van der Waals surface area contributed by atoms with Crippen LogP contribution in [-0.2, 0) is 4.79 Å². The average molecular weight is 422 g/mol. The van der Waals surface area contributed by atoms with Gasteiger partial charge in [-0.15, -0.1) is 10.2 Å². The first-order valence-electron chi connectivity index (χ1n) is 8.12. The van der Waals surface area contributed by atoms with Gasteiger partial charge in [0.05, 0.1) is 18.0 Å². The van der Waals surface area contributed by atoms with E-state index in [4.69, 9.17) is 4.74 Å². The van der Waals surface area contributed by atoms with Crippen LogP contribution < -0.4 is 15.4 Å². The van der Waals surface area contributed by atoms with E-state index in [1.807, 2.05) is 24.3 Å². The van der Waals surface area contributed by atoms with E-state index in [1.54, 1.807) is 14.0 Å². The number of aromatic nitrogens is 2. The summed E-state index contributed by atoms with van der Waals surface area (Å²) in [6, 6.07) is 10.3. The molecule has 2 N–H and O–H groups in total. The Balaban J connectivity index is 1.59. The van der Waals surface area contributed by atoms with E-state index in [2.05, 4.69) is 20.8 Å². The Kier molecular flexibility index (Phi) is 6.42. The highest BCUT2D eigenvalue weighted by Crippen LogP contribution is 2.31. The third kappa shape index (κ3) is 5.17. The molecule has 0 spiro atoms. The molecule has 1 aromatic heterocycles. The van der Waals surface area contributed by atoms with Crippen molar-refractivity contribution in [2.75, 3.05) is 17.7 Å². The van der Waals surface area contributed by atoms with Crippen LogP contribution in [0, 0.1) is 11.6 Å². The molecule has 3 aromatic rings. The Morgan fingerprint density at radius 2 is 2.04 bits per heavy atom. The predicted molar refractivity (Wildman–Crippen MR) is 106 cm³/mol. The van der Waals surface area contributed by atoms with Crippen molar-refractivity contribution >= 4 is 45.5 Å². The molecule has 0 aliphatic rings. The van der Waals surface area contributed by atoms with Crippen LogP contribution in [0.4, 0.5) is 25.3 Å². The molecule has 0 saturated heterocycles. The summed E-state index contributed by atoms with van der Waals surface area (Å²) in [5.74, 6) is -1.25. The van der Waals surface area contributed by atoms with Crippen LogP contribution in [0.15, 0.2) is 46.8 Å². The number of benzene rings is 2. The summed E-state index contributed by atoms with van der Waals surface area (Å²) in [5, 5.41) is 13.7. The minimum absolute atomic E-state index is 0.0727. The highest BCUT2D eigenvalue weighted by Gasteiger charge is 2.19. The van der Waals surface area contributed by atoms with Gasteiger partial charge in [-0.25, -0.2) is 8.78 Å². The lowest BCUT2D eigenvalue weighted by molar-refractivity contribution is -0.115. The van der Waals surface area contributed by atoms with E-state index in [9.17, 15) is 13.6 Å². The van der Waals surface area contributed by atoms with Crippen molar-refractivity contribution in [3.05, 3.63) is 54.1 Å². The molecular weight excluding hydrogens is 406 g/mol. The summed E-state index contributed by atoms with van der Waals surface area (Å²) in [7, 11) is 1.59. The van der Waals surface area contributed by atoms with E-state index in [-0.39, 0.29) is 5.69 Å². The molecule has 0 bridgehead atoms. The number of amides is 1. The second-order valence-electron chi connectivity index (χ2n) is 5.60. The summed E-state index contributed by atoms with van der Waals surface area (Å²) < 4.78 is 32.4. The standard InChI is InChI=1S/C18H16F2N4O2S2/c1-10(16(25)22-15-7-6-11(19)8-14(15)20)27-18-24-23-17(28-18)21-12-4-3-5-13(9-12)26-2/h3-10H,1-2H3,(H,21,23)(H,22,25). The highest BCUT2D eigenvalue weighted by molar-refractivity contribution is 8.02. The molecule has 3 rings (SSSR count). The van der Waals surface area contributed by atoms with Crippen LogP contribution in [0.5, 0.6) is 5.75 Å². The summed E-state index contributed by atoms with van der Waals surface area (Å²) in [6.07, 6.45) is 0. The van der Waals surface area contributed by atoms with Crippen molar-refractivity contribution in [3.63, 3.8) is 0 Å². The zero-order valence-electron chi connectivity index (χ0n) is 14.9. The van der Waals surface area contributed by atoms with Crippen LogP contribution in [0.1, 0.15) is 6.92 Å². The van der Waals surface area contributed by atoms with Gasteiger partial charge in [-0.05, 0) is 31.2 Å². The molecule has 1 unspecified atom stereocenters. The normalized spacial score (nSPS) is 11.7. The molecule has 10 heteroatoms. The van der Waals surface area contributed by atoms with Crippen LogP contribution >= 0.6 is 23.1 Å². The number of hydrogen-bond donors (Lipinski definition) is 2. The Bertz CT molecular complexity index is 984. The lowest BCUT2D eigenvalue weighted by Gasteiger charge is -2.10. The summed E-state index contributed by atoms with van der Waals surface area (Å²) in [4.78, 5) is 12.3. The number of nitrogens with zero attached hydrogens (tertiary/aromatic N) is 2. The molecule has 6 nitrogen and oxygen atoms in total. The van der Waals surface area contributed by atoms with Gasteiger partial charge in [-0.3, -0.25) is 4.79 Å². The van der Waals surface area contributed by atoms with Crippen LogP contribution in [0.25, 0.3) is 0 Å². The molecule has 0 aliphatic heterocycles. The van der Waals surface area contributed by atoms with Gasteiger partial charge >= 0.3 is 0 Å². The maximum Gasteiger partial charge on any atom is 0.237 e. The summed E-state index contributed by atoms with van der Waals surface area (Å²) in [6.45, 7) is 1.66. The van der Waals surface area contributed by atoms with Gasteiger partial charge in [-0.2, -0.15) is 0 Å². The number of carbonyl (C=O) groups is 1. The number of thioether (sulfide) groups is 1. The van der Waals surface area contributed by atoms with E-state index in [0.29, 0.717) is 21.3 Å². The molecule has 0 aliphatic carbocycles. The Labute approximate surface area is 168 Å². The predicted octanol–water partition coefficient (Wildman–Crippen LogP) is 4.69. The third-order valence-corrected chi connectivity index (χ3v) is 5.59. The quantitative estimate of drug-likeness (QED) is 0.538. The third-order valence-electron chi connectivity index (χ3n) is 3.56. The fraction of sp³-hybridized carbons (Fsp3) is 0.167. The Morgan fingerprint density at radius 3 is 2.79 bits per heavy atom. The molecule has 0 fully saturated rings. The fourth-order valence-corrected chi connectivity index (χ4v) is 4.08. The largest absolute Gasteiger partial charge is 0.497 e. The maximum atomic E-state index is 13.7. The minimum atomic E-state index is -0.828. The molecule has 28 heavy (non-hydrogen) atoms. The second-order valence-corrected chi connectivity index (χ2v) is 8.17. The number of rotatable bonds is 7. The number of hydrogen-bond acceptors (Lipinski definition) is 7. The van der Waals surface area contributed by atoms with Crippen LogP contribution in [-0.4, -0.2) is 28.5 Å². The van der Waals surface area contributed by atoms with Crippen molar-refractivity contribution in [2.45, 2.75) is 16.5 Å². The number of carbonyl (C=O) groups excluding carboxylic acids is 1. The van der Waals surface area contributed by atoms with Crippen molar-refractivity contribution < 1.29 is 18.3 Å². The molecule has 1 heterocycles. The molecule has 146 valence electrons. The van der Waals surface area contributed by atoms with Crippen LogP contribution in [0.2, 0.25) is 0 Å². The number of ether oxygens (including phenoxy) is 1. The van der Waals surface area contributed by atoms with Gasteiger partial charge < -0.3 is 15.4 Å². The molecule has 0 saturated carbocycles. The van der Waals surface area contributed by atoms with E-state index in [0.717, 1.165) is 11.8 Å². The van der Waals surface area contributed by atoms with Crippen molar-refractivity contribution in [1.82, 2.24) is 10.2 Å². The Hall–Kier alpha value is -2.72. The SMILES string of the molecule is COc1cccc(Nc2nnc(SC(C)C(=O)Nc3ccc(F)cc3F)s2)c1. The minimum Gasteiger partial charge on any atom is -0.497 e. The maximum absolute atomic E-state index is 13.7. The molecule has 1 amide bonds. The van der Waals surface area contributed by atoms with E-state index in [1.165, 1.54) is 29.2 Å². The highest BCUT2D eigenvalue weighted by atomic mass is 32.2. The van der Waals surface area contributed by atoms with E-state index < -0.39 is 22.8 Å². The van der Waals surface area contributed by atoms with Crippen molar-refractivity contribution in [1.29, 1.82) is 0 Å². The summed E-state index contributed by atoms with van der Waals surface area (Å²) >= 11 is 2.47. The summed E-state index contributed by atoms with van der Waals surface area (Å²) in [5.41, 5.74) is 0.723. The first kappa shape index (κ1) is 20.0. The first-order valence-corrected chi connectivity index (χ1v) is 9.81. The van der Waals surface area contributed by atoms with Crippen molar-refractivity contribution in [3.8, 4) is 5.75 Å². The van der Waals surface area contributed by atoms with Gasteiger partial charge in [0.2, 0.25) is 11.0 Å². The molecule has 1 atom stereocenters. The molecular formula is C18H16F2N4O2S2. The lowest BCUT2D eigenvalue weighted by atomic mass is 10.3. The molecule has 0 radical (unpaired) electrons. The fourth-order valence-electron chi connectivity index (χ4n) is 2.16. The van der Waals surface area contributed by atoms with Gasteiger partial charge in [0.15, 0.2) is 4.34 Å². The zero-order chi connectivity index (χ0) is 20.1. The average Bonchev–Trinajstić information content (AvgIpc) is 3.10. The number of halogens is 2. The molecule has 2 aromatic carbocycles.